The van der Waals surface area contributed by atoms with E-state index < -0.39 is 5.60 Å². The highest BCUT2D eigenvalue weighted by Crippen LogP contribution is 2.30. The van der Waals surface area contributed by atoms with Gasteiger partial charge in [-0.25, -0.2) is 9.78 Å². The van der Waals surface area contributed by atoms with Gasteiger partial charge in [0.15, 0.2) is 11.4 Å². The molecule has 2 aromatic carbocycles. The van der Waals surface area contributed by atoms with E-state index in [0.717, 1.165) is 49.6 Å². The molecule has 0 aliphatic rings. The lowest BCUT2D eigenvalue weighted by Crippen LogP contribution is -2.39. The van der Waals surface area contributed by atoms with Crippen LogP contribution in [0, 0.1) is 13.8 Å². The monoisotopic (exact) mass is 490 g/mol. The molecule has 0 atom stereocenters. The number of hydrogen-bond donors (Lipinski definition) is 0. The summed E-state index contributed by atoms with van der Waals surface area (Å²) in [4.78, 5) is 17.9. The molecular weight excluding hydrogens is 464 g/mol. The lowest BCUT2D eigenvalue weighted by Gasteiger charge is -2.25. The highest BCUT2D eigenvalue weighted by atomic mass is 35.5. The number of aromatic nitrogens is 2. The number of carbonyl (C=O) groups is 1. The smallest absolute Gasteiger partial charge is 0.349 e. The van der Waals surface area contributed by atoms with Gasteiger partial charge in [-0.05, 0) is 81.5 Å². The van der Waals surface area contributed by atoms with Crippen LogP contribution in [0.25, 0.3) is 11.4 Å². The largest absolute Gasteiger partial charge is 0.476 e. The number of aryl methyl sites for hydroxylation is 3. The van der Waals surface area contributed by atoms with Crippen LogP contribution in [0.5, 0.6) is 5.75 Å². The fourth-order valence-corrected chi connectivity index (χ4v) is 4.83. The van der Waals surface area contributed by atoms with Crippen molar-refractivity contribution in [3.63, 3.8) is 0 Å². The number of nitrogens with zero attached hydrogens (tertiary/aromatic N) is 2. The summed E-state index contributed by atoms with van der Waals surface area (Å²) in [6.07, 6.45) is 0.828. The average molecular weight is 491 g/mol. The van der Waals surface area contributed by atoms with Gasteiger partial charge < -0.3 is 9.47 Å². The van der Waals surface area contributed by atoms with Gasteiger partial charge in [-0.15, -0.1) is 11.8 Å². The van der Waals surface area contributed by atoms with Gasteiger partial charge in [0.05, 0.1) is 6.61 Å². The van der Waals surface area contributed by atoms with Crippen LogP contribution in [0.2, 0.25) is 5.02 Å². The van der Waals surface area contributed by atoms with E-state index in [9.17, 15) is 4.79 Å². The quantitative estimate of drug-likeness (QED) is 0.251. The van der Waals surface area contributed by atoms with Gasteiger partial charge in [0.1, 0.15) is 10.8 Å². The summed E-state index contributed by atoms with van der Waals surface area (Å²) >= 11 is 9.40. The molecule has 0 saturated heterocycles. The summed E-state index contributed by atoms with van der Waals surface area (Å²) in [5, 5.41) is 1.72. The first-order valence-corrected chi connectivity index (χ1v) is 12.5. The molecule has 1 aromatic heterocycles. The van der Waals surface area contributed by atoms with Crippen LogP contribution in [0.4, 0.5) is 0 Å². The second-order valence-electron chi connectivity index (χ2n) is 7.83. The van der Waals surface area contributed by atoms with E-state index in [4.69, 9.17) is 21.1 Å². The second kappa shape index (κ2) is 10.7. The van der Waals surface area contributed by atoms with Crippen molar-refractivity contribution in [3.8, 4) is 17.1 Å². The average Bonchev–Trinajstić information content (AvgIpc) is 3.21. The van der Waals surface area contributed by atoms with Crippen LogP contribution in [0.3, 0.4) is 0 Å². The van der Waals surface area contributed by atoms with Gasteiger partial charge in [-0.1, -0.05) is 23.7 Å². The molecule has 0 amide bonds. The van der Waals surface area contributed by atoms with Gasteiger partial charge in [-0.2, -0.15) is 4.37 Å². The Balaban J connectivity index is 1.56. The normalized spacial score (nSPS) is 11.4. The number of rotatable bonds is 9. The summed E-state index contributed by atoms with van der Waals surface area (Å²) in [6.45, 7) is 9.50. The summed E-state index contributed by atoms with van der Waals surface area (Å²) in [5.74, 6) is 1.91. The second-order valence-corrected chi connectivity index (χ2v) is 10.2. The van der Waals surface area contributed by atoms with Crippen molar-refractivity contribution in [2.45, 2.75) is 51.5 Å². The van der Waals surface area contributed by atoms with Crippen LogP contribution in [0.1, 0.15) is 36.9 Å². The molecule has 32 heavy (non-hydrogen) atoms. The summed E-state index contributed by atoms with van der Waals surface area (Å²) in [5.41, 5.74) is 1.92. The molecule has 5 nitrogen and oxygen atoms in total. The Bertz CT molecular complexity index is 1100. The van der Waals surface area contributed by atoms with E-state index in [0.29, 0.717) is 12.4 Å². The molecule has 0 saturated carbocycles. The lowest BCUT2D eigenvalue weighted by atomic mass is 10.1. The van der Waals surface area contributed by atoms with E-state index in [2.05, 4.69) is 15.4 Å². The first kappa shape index (κ1) is 24.6. The van der Waals surface area contributed by atoms with Crippen molar-refractivity contribution in [1.82, 2.24) is 9.36 Å². The van der Waals surface area contributed by atoms with E-state index in [-0.39, 0.29) is 5.97 Å². The topological polar surface area (TPSA) is 61.3 Å². The van der Waals surface area contributed by atoms with Gasteiger partial charge in [0.2, 0.25) is 0 Å². The molecule has 0 spiro atoms. The molecule has 0 bridgehead atoms. The lowest BCUT2D eigenvalue weighted by molar-refractivity contribution is -0.158. The van der Waals surface area contributed by atoms with Crippen molar-refractivity contribution < 1.29 is 14.3 Å². The minimum absolute atomic E-state index is 0.328. The van der Waals surface area contributed by atoms with Gasteiger partial charge >= 0.3 is 5.97 Å². The van der Waals surface area contributed by atoms with Crippen molar-refractivity contribution in [1.29, 1.82) is 0 Å². The number of esters is 1. The number of benzene rings is 2. The predicted molar refractivity (Wildman–Crippen MR) is 132 cm³/mol. The van der Waals surface area contributed by atoms with Gasteiger partial charge in [0.25, 0.3) is 0 Å². The third-order valence-electron chi connectivity index (χ3n) is 4.76. The SMILES string of the molecule is CCOC(=O)C(C)(C)Oc1ccc(SCCc2nc(-c3ccc(C)c(Cl)c3)ns2)cc1C. The Morgan fingerprint density at radius 2 is 1.94 bits per heavy atom. The zero-order valence-electron chi connectivity index (χ0n) is 18.9. The third kappa shape index (κ3) is 6.24. The van der Waals surface area contributed by atoms with Crippen LogP contribution >= 0.6 is 34.9 Å². The Morgan fingerprint density at radius 3 is 2.62 bits per heavy atom. The van der Waals surface area contributed by atoms with Crippen molar-refractivity contribution >= 4 is 40.9 Å². The standard InChI is InChI=1S/C24H27ClN2O3S2/c1-6-29-23(28)24(4,5)30-20-10-9-18(13-16(20)3)31-12-11-21-26-22(27-32-21)17-8-7-15(2)19(25)14-17/h7-10,13-14H,6,11-12H2,1-5H3. The Kier molecular flexibility index (Phi) is 8.20. The molecule has 1 heterocycles. The number of ether oxygens (including phenoxy) is 2. The first-order chi connectivity index (χ1) is 15.2. The molecule has 0 radical (unpaired) electrons. The maximum Gasteiger partial charge on any atom is 0.349 e. The zero-order chi connectivity index (χ0) is 23.3. The highest BCUT2D eigenvalue weighted by molar-refractivity contribution is 7.99. The molecule has 0 fully saturated rings. The van der Waals surface area contributed by atoms with Crippen molar-refractivity contribution in [2.75, 3.05) is 12.4 Å². The Morgan fingerprint density at radius 1 is 1.16 bits per heavy atom. The highest BCUT2D eigenvalue weighted by Gasteiger charge is 2.32. The van der Waals surface area contributed by atoms with Gasteiger partial charge in [-0.3, -0.25) is 0 Å². The minimum Gasteiger partial charge on any atom is -0.476 e. The molecule has 0 aliphatic carbocycles. The minimum atomic E-state index is -1.04. The molecule has 8 heteroatoms. The van der Waals surface area contributed by atoms with Gasteiger partial charge in [0, 0.05) is 27.7 Å². The van der Waals surface area contributed by atoms with E-state index in [1.807, 2.05) is 44.2 Å². The molecule has 0 N–H and O–H groups in total. The maximum atomic E-state index is 12.1. The third-order valence-corrected chi connectivity index (χ3v) is 6.93. The van der Waals surface area contributed by atoms with Crippen LogP contribution in [-0.2, 0) is 16.0 Å². The van der Waals surface area contributed by atoms with Crippen LogP contribution in [0.15, 0.2) is 41.3 Å². The molecule has 3 rings (SSSR count). The fourth-order valence-electron chi connectivity index (χ4n) is 2.91. The summed E-state index contributed by atoms with van der Waals surface area (Å²) in [6, 6.07) is 11.9. The molecule has 0 unspecified atom stereocenters. The molecule has 170 valence electrons. The summed E-state index contributed by atoms with van der Waals surface area (Å²) < 4.78 is 15.5. The Labute approximate surface area is 202 Å². The number of carbonyl (C=O) groups excluding carboxylic acids is 1. The van der Waals surface area contributed by atoms with Crippen molar-refractivity contribution in [2.24, 2.45) is 0 Å². The molecule has 0 aliphatic heterocycles. The first-order valence-electron chi connectivity index (χ1n) is 10.4. The van der Waals surface area contributed by atoms with Crippen LogP contribution in [-0.4, -0.2) is 33.3 Å². The number of hydrogen-bond acceptors (Lipinski definition) is 7. The van der Waals surface area contributed by atoms with E-state index in [1.165, 1.54) is 11.5 Å². The van der Waals surface area contributed by atoms with Crippen molar-refractivity contribution in [3.05, 3.63) is 57.6 Å². The molecular formula is C24H27ClN2O3S2. The van der Waals surface area contributed by atoms with E-state index in [1.54, 1.807) is 32.5 Å². The summed E-state index contributed by atoms with van der Waals surface area (Å²) in [7, 11) is 0. The fraction of sp³-hybridized carbons (Fsp3) is 0.375. The van der Waals surface area contributed by atoms with E-state index >= 15 is 0 Å². The predicted octanol–water partition coefficient (Wildman–Crippen LogP) is 6.53. The maximum absolute atomic E-state index is 12.1. The number of halogens is 1. The van der Waals surface area contributed by atoms with Crippen LogP contribution < -0.4 is 4.74 Å². The zero-order valence-corrected chi connectivity index (χ0v) is 21.3. The Hall–Kier alpha value is -2.09. The molecule has 3 aromatic rings. The number of thioether (sulfide) groups is 1.